The van der Waals surface area contributed by atoms with Gasteiger partial charge >= 0.3 is 0 Å². The summed E-state index contributed by atoms with van der Waals surface area (Å²) in [5.41, 5.74) is 0.0873. The highest BCUT2D eigenvalue weighted by Gasteiger charge is 2.41. The van der Waals surface area contributed by atoms with Gasteiger partial charge in [0.2, 0.25) is 5.91 Å². The first-order valence-electron chi connectivity index (χ1n) is 9.73. The molecule has 0 aromatic heterocycles. The quantitative estimate of drug-likeness (QED) is 0.660. The number of amides is 1. The Balaban J connectivity index is 1.47. The van der Waals surface area contributed by atoms with Crippen LogP contribution in [0, 0.1) is 11.6 Å². The SMILES string of the molecule is O=C(CCc1ccccc1)N1CC[C@](O)(CNCc2cc(F)cc(F)c2)[C@@H](O)C1. The van der Waals surface area contributed by atoms with Gasteiger partial charge in [-0.05, 0) is 36.1 Å². The number of hydrogen-bond donors (Lipinski definition) is 3. The van der Waals surface area contributed by atoms with E-state index in [1.165, 1.54) is 12.1 Å². The number of aliphatic hydroxyl groups is 2. The lowest BCUT2D eigenvalue weighted by molar-refractivity contribution is -0.148. The molecular formula is C22H26F2N2O3. The van der Waals surface area contributed by atoms with Crippen molar-refractivity contribution in [1.82, 2.24) is 10.2 Å². The Morgan fingerprint density at radius 3 is 2.48 bits per heavy atom. The number of hydrogen-bond acceptors (Lipinski definition) is 4. The first-order valence-corrected chi connectivity index (χ1v) is 9.73. The molecule has 1 saturated heterocycles. The fourth-order valence-electron chi connectivity index (χ4n) is 3.59. The Hall–Kier alpha value is -2.35. The topological polar surface area (TPSA) is 72.8 Å². The molecule has 1 fully saturated rings. The number of aryl methyl sites for hydroxylation is 1. The molecule has 2 atom stereocenters. The van der Waals surface area contributed by atoms with Crippen LogP contribution in [0.4, 0.5) is 8.78 Å². The summed E-state index contributed by atoms with van der Waals surface area (Å²) in [6, 6.07) is 12.9. The monoisotopic (exact) mass is 404 g/mol. The summed E-state index contributed by atoms with van der Waals surface area (Å²) in [5.74, 6) is -1.39. The summed E-state index contributed by atoms with van der Waals surface area (Å²) in [5, 5.41) is 24.1. The molecular weight excluding hydrogens is 378 g/mol. The molecule has 2 aromatic rings. The lowest BCUT2D eigenvalue weighted by atomic mass is 9.88. The second-order valence-corrected chi connectivity index (χ2v) is 7.58. The fourth-order valence-corrected chi connectivity index (χ4v) is 3.59. The van der Waals surface area contributed by atoms with Gasteiger partial charge in [-0.1, -0.05) is 30.3 Å². The number of likely N-dealkylation sites (tertiary alicyclic amines) is 1. The molecule has 2 aromatic carbocycles. The van der Waals surface area contributed by atoms with Crippen LogP contribution in [-0.2, 0) is 17.8 Å². The van der Waals surface area contributed by atoms with Crippen molar-refractivity contribution in [2.45, 2.75) is 37.5 Å². The highest BCUT2D eigenvalue weighted by atomic mass is 19.1. The van der Waals surface area contributed by atoms with Crippen molar-refractivity contribution < 1.29 is 23.8 Å². The minimum absolute atomic E-state index is 0.0539. The van der Waals surface area contributed by atoms with Crippen molar-refractivity contribution in [3.8, 4) is 0 Å². The minimum atomic E-state index is -1.40. The van der Waals surface area contributed by atoms with Crippen LogP contribution in [0.1, 0.15) is 24.0 Å². The van der Waals surface area contributed by atoms with Gasteiger partial charge in [-0.2, -0.15) is 0 Å². The molecule has 1 aliphatic heterocycles. The molecule has 1 heterocycles. The molecule has 0 unspecified atom stereocenters. The predicted octanol–water partition coefficient (Wildman–Crippen LogP) is 2.01. The molecule has 0 radical (unpaired) electrons. The zero-order valence-electron chi connectivity index (χ0n) is 16.2. The molecule has 0 aliphatic carbocycles. The predicted molar refractivity (Wildman–Crippen MR) is 105 cm³/mol. The average molecular weight is 404 g/mol. The van der Waals surface area contributed by atoms with Gasteiger partial charge in [0.05, 0.1) is 0 Å². The summed E-state index contributed by atoms with van der Waals surface area (Å²) < 4.78 is 26.5. The fraction of sp³-hybridized carbons (Fsp3) is 0.409. The molecule has 7 heteroatoms. The second kappa shape index (κ2) is 9.43. The Bertz CT molecular complexity index is 814. The number of nitrogens with zero attached hydrogens (tertiary/aromatic N) is 1. The van der Waals surface area contributed by atoms with Crippen molar-refractivity contribution in [2.75, 3.05) is 19.6 Å². The van der Waals surface area contributed by atoms with Gasteiger partial charge in [-0.15, -0.1) is 0 Å². The number of benzene rings is 2. The van der Waals surface area contributed by atoms with Crippen LogP contribution in [0.2, 0.25) is 0 Å². The Morgan fingerprint density at radius 2 is 1.83 bits per heavy atom. The standard InChI is InChI=1S/C22H26F2N2O3/c23-18-10-17(11-19(24)12-18)13-25-15-22(29)8-9-26(14-20(22)27)21(28)7-6-16-4-2-1-3-5-16/h1-5,10-12,20,25,27,29H,6-9,13-15H2/t20-,22-/m0/s1. The van der Waals surface area contributed by atoms with E-state index in [4.69, 9.17) is 0 Å². The van der Waals surface area contributed by atoms with Crippen molar-refractivity contribution in [3.63, 3.8) is 0 Å². The van der Waals surface area contributed by atoms with E-state index in [-0.39, 0.29) is 32.0 Å². The highest BCUT2D eigenvalue weighted by molar-refractivity contribution is 5.76. The minimum Gasteiger partial charge on any atom is -0.388 e. The Morgan fingerprint density at radius 1 is 1.14 bits per heavy atom. The number of aliphatic hydroxyl groups excluding tert-OH is 1. The van der Waals surface area contributed by atoms with E-state index >= 15 is 0 Å². The van der Waals surface area contributed by atoms with E-state index in [2.05, 4.69) is 5.32 Å². The summed E-state index contributed by atoms with van der Waals surface area (Å²) in [4.78, 5) is 14.0. The van der Waals surface area contributed by atoms with Gasteiger partial charge in [0.1, 0.15) is 23.3 Å². The summed E-state index contributed by atoms with van der Waals surface area (Å²) in [7, 11) is 0. The Labute approximate surface area is 169 Å². The number of rotatable bonds is 7. The van der Waals surface area contributed by atoms with Crippen LogP contribution >= 0.6 is 0 Å². The molecule has 0 saturated carbocycles. The van der Waals surface area contributed by atoms with Crippen LogP contribution in [0.3, 0.4) is 0 Å². The molecule has 0 spiro atoms. The number of nitrogens with one attached hydrogen (secondary N) is 1. The lowest BCUT2D eigenvalue weighted by Crippen LogP contribution is -2.60. The zero-order valence-corrected chi connectivity index (χ0v) is 16.2. The first-order chi connectivity index (χ1) is 13.9. The van der Waals surface area contributed by atoms with Crippen LogP contribution < -0.4 is 5.32 Å². The van der Waals surface area contributed by atoms with Gasteiger partial charge in [0.15, 0.2) is 0 Å². The normalized spacial score (nSPS) is 21.9. The second-order valence-electron chi connectivity index (χ2n) is 7.58. The van der Waals surface area contributed by atoms with Gasteiger partial charge < -0.3 is 20.4 Å². The van der Waals surface area contributed by atoms with Crippen LogP contribution in [-0.4, -0.2) is 52.4 Å². The van der Waals surface area contributed by atoms with E-state index in [1.807, 2.05) is 30.3 Å². The maximum absolute atomic E-state index is 13.2. The number of halogens is 2. The van der Waals surface area contributed by atoms with Gasteiger partial charge in [-0.25, -0.2) is 8.78 Å². The lowest BCUT2D eigenvalue weighted by Gasteiger charge is -2.42. The Kier molecular flexibility index (Phi) is 6.95. The number of carbonyl (C=O) groups is 1. The van der Waals surface area contributed by atoms with E-state index in [1.54, 1.807) is 4.90 Å². The van der Waals surface area contributed by atoms with Gasteiger partial charge in [0.25, 0.3) is 0 Å². The van der Waals surface area contributed by atoms with E-state index in [9.17, 15) is 23.8 Å². The van der Waals surface area contributed by atoms with Crippen molar-refractivity contribution in [2.24, 2.45) is 0 Å². The zero-order chi connectivity index (χ0) is 20.9. The van der Waals surface area contributed by atoms with E-state index in [0.29, 0.717) is 24.9 Å². The molecule has 1 aliphatic rings. The molecule has 5 nitrogen and oxygen atoms in total. The largest absolute Gasteiger partial charge is 0.388 e. The maximum Gasteiger partial charge on any atom is 0.222 e. The van der Waals surface area contributed by atoms with Gasteiger partial charge in [0, 0.05) is 38.7 Å². The molecule has 29 heavy (non-hydrogen) atoms. The van der Waals surface area contributed by atoms with Gasteiger partial charge in [-0.3, -0.25) is 4.79 Å². The summed E-state index contributed by atoms with van der Waals surface area (Å²) in [6.07, 6.45) is 0.0880. The third-order valence-corrected chi connectivity index (χ3v) is 5.33. The van der Waals surface area contributed by atoms with Crippen LogP contribution in [0.15, 0.2) is 48.5 Å². The molecule has 3 rings (SSSR count). The van der Waals surface area contributed by atoms with Crippen LogP contribution in [0.5, 0.6) is 0 Å². The smallest absolute Gasteiger partial charge is 0.222 e. The van der Waals surface area contributed by atoms with E-state index < -0.39 is 23.3 Å². The first kappa shape index (κ1) is 21.4. The number of piperidine rings is 1. The number of β-amino-alcohol motifs (C(OH)–C–C–N with tert-alkyl or cyclic N) is 1. The summed E-state index contributed by atoms with van der Waals surface area (Å²) >= 11 is 0. The van der Waals surface area contributed by atoms with Crippen molar-refractivity contribution in [3.05, 3.63) is 71.3 Å². The van der Waals surface area contributed by atoms with Crippen LogP contribution in [0.25, 0.3) is 0 Å². The summed E-state index contributed by atoms with van der Waals surface area (Å²) in [6.45, 7) is 0.611. The molecule has 3 N–H and O–H groups in total. The van der Waals surface area contributed by atoms with Crippen molar-refractivity contribution >= 4 is 5.91 Å². The van der Waals surface area contributed by atoms with Crippen molar-refractivity contribution in [1.29, 1.82) is 0 Å². The third-order valence-electron chi connectivity index (χ3n) is 5.33. The molecule has 156 valence electrons. The average Bonchev–Trinajstić information content (AvgIpc) is 2.68. The molecule has 0 bridgehead atoms. The third kappa shape index (κ3) is 5.82. The maximum atomic E-state index is 13.2. The number of carbonyl (C=O) groups excluding carboxylic acids is 1. The molecule has 1 amide bonds. The van der Waals surface area contributed by atoms with E-state index in [0.717, 1.165) is 11.6 Å². The highest BCUT2D eigenvalue weighted by Crippen LogP contribution is 2.23.